The monoisotopic (exact) mass is 296 g/mol. The zero-order valence-electron chi connectivity index (χ0n) is 12.1. The van der Waals surface area contributed by atoms with E-state index in [4.69, 9.17) is 5.11 Å². The number of carboxylic acids is 1. The Labute approximate surface area is 122 Å². The zero-order valence-corrected chi connectivity index (χ0v) is 12.9. The first-order chi connectivity index (χ1) is 9.30. The summed E-state index contributed by atoms with van der Waals surface area (Å²) in [5, 5.41) is 9.80. The van der Waals surface area contributed by atoms with Gasteiger partial charge in [0.25, 0.3) is 0 Å². The van der Waals surface area contributed by atoms with Crippen LogP contribution in [0, 0.1) is 5.41 Å². The van der Waals surface area contributed by atoms with E-state index in [1.807, 2.05) is 0 Å². The fourth-order valence-corrected chi connectivity index (χ4v) is 3.45. The van der Waals surface area contributed by atoms with Crippen LogP contribution in [0.1, 0.15) is 60.2 Å². The fraction of sp³-hybridized carbons (Fsp3) is 0.643. The number of Topliss-reactive ketones (excluding diaryl/α,β-unsaturated/α-hetero) is 1. The number of carbonyl (C=O) groups excluding carboxylic acids is 1. The van der Waals surface area contributed by atoms with Crippen molar-refractivity contribution >= 4 is 28.2 Å². The summed E-state index contributed by atoms with van der Waals surface area (Å²) >= 11 is 1.20. The summed E-state index contributed by atoms with van der Waals surface area (Å²) in [5.41, 5.74) is 0.200. The largest absolute Gasteiger partial charge is 0.476 e. The van der Waals surface area contributed by atoms with Crippen LogP contribution >= 0.6 is 11.3 Å². The van der Waals surface area contributed by atoms with Crippen LogP contribution in [0.4, 0.5) is 5.13 Å². The number of ketones is 1. The van der Waals surface area contributed by atoms with Gasteiger partial charge in [0.15, 0.2) is 16.6 Å². The standard InChI is InChI=1S/C14H20N2O3S/c1-9(17)11-10(12(18)19)15-13(20-11)16-7-4-5-14(2,3)6-8-16/h4-8H2,1-3H3,(H,18,19). The molecule has 1 aromatic heterocycles. The van der Waals surface area contributed by atoms with Crippen molar-refractivity contribution in [2.24, 2.45) is 5.41 Å². The van der Waals surface area contributed by atoms with Gasteiger partial charge in [-0.05, 0) is 24.7 Å². The Morgan fingerprint density at radius 3 is 2.55 bits per heavy atom. The summed E-state index contributed by atoms with van der Waals surface area (Å²) in [6.45, 7) is 7.61. The van der Waals surface area contributed by atoms with E-state index in [1.54, 1.807) is 0 Å². The lowest BCUT2D eigenvalue weighted by molar-refractivity contribution is 0.0687. The number of aromatic carboxylic acids is 1. The third-order valence-corrected chi connectivity index (χ3v) is 4.97. The van der Waals surface area contributed by atoms with Crippen molar-refractivity contribution in [3.8, 4) is 0 Å². The Morgan fingerprint density at radius 1 is 1.30 bits per heavy atom. The molecule has 1 saturated heterocycles. The highest BCUT2D eigenvalue weighted by Gasteiger charge is 2.27. The van der Waals surface area contributed by atoms with Gasteiger partial charge in [-0.3, -0.25) is 4.79 Å². The molecule has 0 aromatic carbocycles. The third kappa shape index (κ3) is 3.17. The van der Waals surface area contributed by atoms with Crippen LogP contribution in [0.2, 0.25) is 0 Å². The van der Waals surface area contributed by atoms with E-state index >= 15 is 0 Å². The highest BCUT2D eigenvalue weighted by molar-refractivity contribution is 7.17. The first kappa shape index (κ1) is 15.0. The lowest BCUT2D eigenvalue weighted by atomic mass is 9.85. The number of nitrogens with zero attached hydrogens (tertiary/aromatic N) is 2. The molecule has 0 amide bonds. The van der Waals surface area contributed by atoms with Crippen LogP contribution < -0.4 is 4.90 Å². The summed E-state index contributed by atoms with van der Waals surface area (Å²) in [7, 11) is 0. The highest BCUT2D eigenvalue weighted by Crippen LogP contribution is 2.34. The molecule has 0 atom stereocenters. The van der Waals surface area contributed by atoms with Gasteiger partial charge in [0, 0.05) is 20.0 Å². The SMILES string of the molecule is CC(=O)c1sc(N2CCCC(C)(C)CC2)nc1C(=O)O. The van der Waals surface area contributed by atoms with Crippen molar-refractivity contribution in [3.63, 3.8) is 0 Å². The zero-order chi connectivity index (χ0) is 14.9. The Balaban J connectivity index is 2.27. The molecule has 0 unspecified atom stereocenters. The lowest BCUT2D eigenvalue weighted by Crippen LogP contribution is -2.25. The van der Waals surface area contributed by atoms with Gasteiger partial charge in [0.1, 0.15) is 4.88 Å². The normalized spacial score (nSPS) is 18.6. The van der Waals surface area contributed by atoms with Crippen molar-refractivity contribution in [2.45, 2.75) is 40.0 Å². The van der Waals surface area contributed by atoms with Gasteiger partial charge in [0.2, 0.25) is 0 Å². The van der Waals surface area contributed by atoms with Gasteiger partial charge in [-0.25, -0.2) is 9.78 Å². The molecule has 1 aromatic rings. The third-order valence-electron chi connectivity index (χ3n) is 3.75. The molecule has 20 heavy (non-hydrogen) atoms. The second kappa shape index (κ2) is 5.52. The summed E-state index contributed by atoms with van der Waals surface area (Å²) in [6, 6.07) is 0. The minimum absolute atomic E-state index is 0.110. The van der Waals surface area contributed by atoms with Crippen LogP contribution in [-0.2, 0) is 0 Å². The smallest absolute Gasteiger partial charge is 0.356 e. The molecule has 6 heteroatoms. The minimum atomic E-state index is -1.13. The van der Waals surface area contributed by atoms with Crippen LogP contribution in [0.5, 0.6) is 0 Å². The van der Waals surface area contributed by atoms with Gasteiger partial charge in [0.05, 0.1) is 0 Å². The molecule has 0 saturated carbocycles. The first-order valence-corrected chi connectivity index (χ1v) is 7.62. The molecular formula is C14H20N2O3S. The average Bonchev–Trinajstić information content (AvgIpc) is 2.70. The topological polar surface area (TPSA) is 70.5 Å². The number of aromatic nitrogens is 1. The molecule has 0 spiro atoms. The first-order valence-electron chi connectivity index (χ1n) is 6.80. The summed E-state index contributed by atoms with van der Waals surface area (Å²) in [6.07, 6.45) is 3.26. The van der Waals surface area contributed by atoms with Gasteiger partial charge in [-0.1, -0.05) is 25.2 Å². The molecule has 1 fully saturated rings. The van der Waals surface area contributed by atoms with E-state index in [0.29, 0.717) is 10.5 Å². The molecular weight excluding hydrogens is 276 g/mol. The van der Waals surface area contributed by atoms with E-state index in [9.17, 15) is 9.59 Å². The van der Waals surface area contributed by atoms with Crippen LogP contribution in [0.3, 0.4) is 0 Å². The molecule has 2 heterocycles. The molecule has 1 N–H and O–H groups in total. The fourth-order valence-electron chi connectivity index (χ4n) is 2.44. The second-order valence-electron chi connectivity index (χ2n) is 6.04. The summed E-state index contributed by atoms with van der Waals surface area (Å²) in [5.74, 6) is -1.37. The molecule has 1 aliphatic heterocycles. The van der Waals surface area contributed by atoms with Gasteiger partial charge in [-0.15, -0.1) is 0 Å². The number of rotatable bonds is 3. The van der Waals surface area contributed by atoms with Crippen molar-refractivity contribution in [3.05, 3.63) is 10.6 Å². The minimum Gasteiger partial charge on any atom is -0.476 e. The molecule has 2 rings (SSSR count). The van der Waals surface area contributed by atoms with Crippen molar-refractivity contribution in [1.29, 1.82) is 0 Å². The molecule has 1 aliphatic rings. The lowest BCUT2D eigenvalue weighted by Gasteiger charge is -2.22. The number of carbonyl (C=O) groups is 2. The number of hydrogen-bond acceptors (Lipinski definition) is 5. The van der Waals surface area contributed by atoms with E-state index in [2.05, 4.69) is 23.7 Å². The maximum Gasteiger partial charge on any atom is 0.356 e. The number of anilines is 1. The van der Waals surface area contributed by atoms with Crippen LogP contribution in [-0.4, -0.2) is 34.9 Å². The van der Waals surface area contributed by atoms with Crippen LogP contribution in [0.25, 0.3) is 0 Å². The van der Waals surface area contributed by atoms with E-state index in [-0.39, 0.29) is 16.4 Å². The Hall–Kier alpha value is -1.43. The molecule has 5 nitrogen and oxygen atoms in total. The predicted octanol–water partition coefficient (Wildman–Crippen LogP) is 3.06. The van der Waals surface area contributed by atoms with Gasteiger partial charge < -0.3 is 10.0 Å². The average molecular weight is 296 g/mol. The molecule has 0 bridgehead atoms. The van der Waals surface area contributed by atoms with Crippen LogP contribution in [0.15, 0.2) is 0 Å². The summed E-state index contributed by atoms with van der Waals surface area (Å²) < 4.78 is 0. The van der Waals surface area contributed by atoms with Crippen molar-refractivity contribution in [2.75, 3.05) is 18.0 Å². The Kier molecular flexibility index (Phi) is 4.13. The Morgan fingerprint density at radius 2 is 2.00 bits per heavy atom. The maximum atomic E-state index is 11.5. The van der Waals surface area contributed by atoms with E-state index in [1.165, 1.54) is 18.3 Å². The summed E-state index contributed by atoms with van der Waals surface area (Å²) in [4.78, 5) is 29.2. The van der Waals surface area contributed by atoms with Gasteiger partial charge >= 0.3 is 5.97 Å². The number of hydrogen-bond donors (Lipinski definition) is 1. The number of thiazole rings is 1. The van der Waals surface area contributed by atoms with Crippen molar-refractivity contribution < 1.29 is 14.7 Å². The predicted molar refractivity (Wildman–Crippen MR) is 78.9 cm³/mol. The molecule has 0 aliphatic carbocycles. The van der Waals surface area contributed by atoms with E-state index in [0.717, 1.165) is 32.4 Å². The van der Waals surface area contributed by atoms with Crippen molar-refractivity contribution in [1.82, 2.24) is 4.98 Å². The molecule has 0 radical (unpaired) electrons. The molecule has 110 valence electrons. The van der Waals surface area contributed by atoms with E-state index < -0.39 is 5.97 Å². The van der Waals surface area contributed by atoms with Gasteiger partial charge in [-0.2, -0.15) is 0 Å². The number of carboxylic acid groups (broad SMARTS) is 1. The maximum absolute atomic E-state index is 11.5. The quantitative estimate of drug-likeness (QED) is 0.868. The highest BCUT2D eigenvalue weighted by atomic mass is 32.1. The second-order valence-corrected chi connectivity index (χ2v) is 7.02. The Bertz CT molecular complexity index is 505.